The zero-order chi connectivity index (χ0) is 15.1. The minimum Gasteiger partial charge on any atom is -0.386 e. The molecule has 0 aliphatic carbocycles. The van der Waals surface area contributed by atoms with Crippen molar-refractivity contribution in [2.45, 2.75) is 0 Å². The number of amides is 1. The molecule has 21 heavy (non-hydrogen) atoms. The Labute approximate surface area is 129 Å². The second kappa shape index (κ2) is 7.54. The highest BCUT2D eigenvalue weighted by Gasteiger charge is 2.02. The first kappa shape index (κ1) is 15.2. The van der Waals surface area contributed by atoms with Gasteiger partial charge in [-0.15, -0.1) is 0 Å². The average Bonchev–Trinajstić information content (AvgIpc) is 2.48. The van der Waals surface area contributed by atoms with Crippen LogP contribution in [0.4, 0.5) is 10.1 Å². The molecule has 2 aromatic rings. The molecule has 0 bridgehead atoms. The maximum atomic E-state index is 12.7. The number of oxime groups is 1. The van der Waals surface area contributed by atoms with Gasteiger partial charge in [-0.3, -0.25) is 4.79 Å². The molecule has 0 heterocycles. The highest BCUT2D eigenvalue weighted by atomic mass is 79.9. The van der Waals surface area contributed by atoms with Gasteiger partial charge in [-0.05, 0) is 42.0 Å². The number of hydrogen-bond donors (Lipinski definition) is 1. The van der Waals surface area contributed by atoms with E-state index in [0.29, 0.717) is 5.69 Å². The van der Waals surface area contributed by atoms with Gasteiger partial charge in [0.05, 0.1) is 6.21 Å². The number of carbonyl (C=O) groups is 1. The van der Waals surface area contributed by atoms with Gasteiger partial charge >= 0.3 is 0 Å². The Morgan fingerprint density at radius 1 is 1.19 bits per heavy atom. The van der Waals surface area contributed by atoms with Gasteiger partial charge in [-0.1, -0.05) is 33.2 Å². The molecular formula is C15H12BrFN2O2. The number of halogens is 2. The molecule has 0 aromatic heterocycles. The molecule has 0 atom stereocenters. The first-order valence-corrected chi connectivity index (χ1v) is 6.89. The highest BCUT2D eigenvalue weighted by molar-refractivity contribution is 9.10. The first-order valence-electron chi connectivity index (χ1n) is 6.10. The number of benzene rings is 2. The minimum absolute atomic E-state index is 0.218. The molecule has 0 aliphatic rings. The molecule has 2 aromatic carbocycles. The van der Waals surface area contributed by atoms with Crippen molar-refractivity contribution in [2.75, 3.05) is 11.9 Å². The number of nitrogens with zero attached hydrogens (tertiary/aromatic N) is 1. The number of anilines is 1. The number of hydrogen-bond acceptors (Lipinski definition) is 3. The van der Waals surface area contributed by atoms with Crippen molar-refractivity contribution in [2.24, 2.45) is 5.16 Å². The van der Waals surface area contributed by atoms with Gasteiger partial charge in [0.15, 0.2) is 6.61 Å². The van der Waals surface area contributed by atoms with Crippen LogP contribution in [0.3, 0.4) is 0 Å². The van der Waals surface area contributed by atoms with Crippen molar-refractivity contribution >= 4 is 33.7 Å². The number of nitrogens with one attached hydrogen (secondary N) is 1. The lowest BCUT2D eigenvalue weighted by molar-refractivity contribution is -0.120. The molecule has 0 radical (unpaired) electrons. The van der Waals surface area contributed by atoms with Crippen LogP contribution in [0, 0.1) is 5.82 Å². The van der Waals surface area contributed by atoms with E-state index in [1.54, 1.807) is 0 Å². The third-order valence-corrected chi connectivity index (χ3v) is 3.00. The van der Waals surface area contributed by atoms with E-state index in [4.69, 9.17) is 4.84 Å². The summed E-state index contributed by atoms with van der Waals surface area (Å²) in [5.41, 5.74) is 1.36. The molecule has 2 rings (SSSR count). The largest absolute Gasteiger partial charge is 0.386 e. The summed E-state index contributed by atoms with van der Waals surface area (Å²) in [5, 5.41) is 6.27. The van der Waals surface area contributed by atoms with Crippen molar-refractivity contribution in [3.8, 4) is 0 Å². The summed E-state index contributed by atoms with van der Waals surface area (Å²) in [4.78, 5) is 16.4. The van der Waals surface area contributed by atoms with Gasteiger partial charge in [0.25, 0.3) is 5.91 Å². The maximum absolute atomic E-state index is 12.7. The van der Waals surface area contributed by atoms with Gasteiger partial charge in [0.2, 0.25) is 0 Å². The molecule has 108 valence electrons. The van der Waals surface area contributed by atoms with E-state index in [1.165, 1.54) is 30.5 Å². The van der Waals surface area contributed by atoms with Gasteiger partial charge in [-0.2, -0.15) is 0 Å². The van der Waals surface area contributed by atoms with Crippen molar-refractivity contribution in [1.29, 1.82) is 0 Å². The highest BCUT2D eigenvalue weighted by Crippen LogP contribution is 2.09. The van der Waals surface area contributed by atoms with Crippen LogP contribution in [0.5, 0.6) is 0 Å². The fraction of sp³-hybridized carbons (Fsp3) is 0.0667. The molecule has 6 heteroatoms. The second-order valence-electron chi connectivity index (χ2n) is 4.11. The van der Waals surface area contributed by atoms with E-state index < -0.39 is 0 Å². The van der Waals surface area contributed by atoms with Crippen LogP contribution >= 0.6 is 15.9 Å². The predicted molar refractivity (Wildman–Crippen MR) is 82.7 cm³/mol. The molecule has 0 fully saturated rings. The fourth-order valence-electron chi connectivity index (χ4n) is 1.47. The second-order valence-corrected chi connectivity index (χ2v) is 5.03. The lowest BCUT2D eigenvalue weighted by Gasteiger charge is -2.03. The Hall–Kier alpha value is -2.21. The Morgan fingerprint density at radius 2 is 1.86 bits per heavy atom. The summed E-state index contributed by atoms with van der Waals surface area (Å²) in [6.45, 7) is -0.218. The van der Waals surface area contributed by atoms with E-state index >= 15 is 0 Å². The van der Waals surface area contributed by atoms with E-state index in [2.05, 4.69) is 26.4 Å². The van der Waals surface area contributed by atoms with Crippen molar-refractivity contribution in [3.05, 3.63) is 64.4 Å². The van der Waals surface area contributed by atoms with Crippen LogP contribution in [-0.2, 0) is 9.63 Å². The van der Waals surface area contributed by atoms with Crippen molar-refractivity contribution in [3.63, 3.8) is 0 Å². The summed E-state index contributed by atoms with van der Waals surface area (Å²) in [5.74, 6) is -0.724. The average molecular weight is 351 g/mol. The normalized spacial score (nSPS) is 10.6. The Bertz CT molecular complexity index is 627. The van der Waals surface area contributed by atoms with Gasteiger partial charge < -0.3 is 10.2 Å². The third kappa shape index (κ3) is 5.35. The predicted octanol–water partition coefficient (Wildman–Crippen LogP) is 3.58. The SMILES string of the molecule is O=C(CO/N=C\c1ccc(Br)cc1)Nc1ccc(F)cc1. The zero-order valence-electron chi connectivity index (χ0n) is 10.9. The molecule has 4 nitrogen and oxygen atoms in total. The number of carbonyl (C=O) groups excluding carboxylic acids is 1. The maximum Gasteiger partial charge on any atom is 0.265 e. The lowest BCUT2D eigenvalue weighted by Crippen LogP contribution is -2.16. The molecule has 0 spiro atoms. The van der Waals surface area contributed by atoms with E-state index in [9.17, 15) is 9.18 Å². The smallest absolute Gasteiger partial charge is 0.265 e. The van der Waals surface area contributed by atoms with Crippen molar-refractivity contribution in [1.82, 2.24) is 0 Å². The summed E-state index contributed by atoms with van der Waals surface area (Å²) in [6.07, 6.45) is 1.51. The molecular weight excluding hydrogens is 339 g/mol. The van der Waals surface area contributed by atoms with Gasteiger partial charge in [0.1, 0.15) is 5.82 Å². The molecule has 1 amide bonds. The topological polar surface area (TPSA) is 50.7 Å². The minimum atomic E-state index is -0.366. The molecule has 0 saturated carbocycles. The van der Waals surface area contributed by atoms with E-state index in [1.807, 2.05) is 24.3 Å². The molecule has 0 saturated heterocycles. The van der Waals surface area contributed by atoms with Crippen molar-refractivity contribution < 1.29 is 14.0 Å². The summed E-state index contributed by atoms with van der Waals surface area (Å²) in [6, 6.07) is 12.9. The van der Waals surface area contributed by atoms with Crippen LogP contribution in [0.25, 0.3) is 0 Å². The zero-order valence-corrected chi connectivity index (χ0v) is 12.5. The van der Waals surface area contributed by atoms with Gasteiger partial charge in [0, 0.05) is 10.2 Å². The molecule has 0 aliphatic heterocycles. The van der Waals surface area contributed by atoms with Crippen LogP contribution in [0.15, 0.2) is 58.2 Å². The lowest BCUT2D eigenvalue weighted by atomic mass is 10.2. The quantitative estimate of drug-likeness (QED) is 0.661. The Kier molecular flexibility index (Phi) is 5.45. The van der Waals surface area contributed by atoms with Crippen LogP contribution in [0.2, 0.25) is 0 Å². The van der Waals surface area contributed by atoms with Crippen LogP contribution in [-0.4, -0.2) is 18.7 Å². The van der Waals surface area contributed by atoms with E-state index in [-0.39, 0.29) is 18.3 Å². The standard InChI is InChI=1S/C15H12BrFN2O2/c16-12-3-1-11(2-4-12)9-18-21-10-15(20)19-14-7-5-13(17)6-8-14/h1-9H,10H2,(H,19,20)/b18-9-. The molecule has 1 N–H and O–H groups in total. The summed E-state index contributed by atoms with van der Waals surface area (Å²) in [7, 11) is 0. The molecule has 0 unspecified atom stereocenters. The Morgan fingerprint density at radius 3 is 2.52 bits per heavy atom. The Balaban J connectivity index is 1.76. The fourth-order valence-corrected chi connectivity index (χ4v) is 1.74. The van der Waals surface area contributed by atoms with Gasteiger partial charge in [-0.25, -0.2) is 4.39 Å². The monoisotopic (exact) mass is 350 g/mol. The van der Waals surface area contributed by atoms with Crippen LogP contribution < -0.4 is 5.32 Å². The third-order valence-electron chi connectivity index (χ3n) is 2.47. The van der Waals surface area contributed by atoms with E-state index in [0.717, 1.165) is 10.0 Å². The van der Waals surface area contributed by atoms with Crippen LogP contribution in [0.1, 0.15) is 5.56 Å². The summed E-state index contributed by atoms with van der Waals surface area (Å²) < 4.78 is 13.7. The first-order chi connectivity index (χ1) is 10.1. The summed E-state index contributed by atoms with van der Waals surface area (Å²) >= 11 is 3.33. The number of rotatable bonds is 5.